The van der Waals surface area contributed by atoms with E-state index in [9.17, 15) is 14.6 Å². The number of nitro groups is 1. The van der Waals surface area contributed by atoms with Crippen molar-refractivity contribution in [1.82, 2.24) is 4.79 Å². The van der Waals surface area contributed by atoms with Crippen LogP contribution in [0.3, 0.4) is 0 Å². The molecule has 0 amide bonds. The van der Waals surface area contributed by atoms with Crippen LogP contribution in [0.2, 0.25) is 0 Å². The SMILES string of the molecule is O=[N+]([O-])c1cccn1F. The summed E-state index contributed by atoms with van der Waals surface area (Å²) in [6, 6.07) is 2.35. The third-order valence-corrected chi connectivity index (χ3v) is 0.868. The van der Waals surface area contributed by atoms with Crippen LogP contribution < -0.4 is 0 Å². The Morgan fingerprint density at radius 1 is 1.78 bits per heavy atom. The van der Waals surface area contributed by atoms with Gasteiger partial charge in [-0.05, 0) is 15.8 Å². The lowest BCUT2D eigenvalue weighted by Gasteiger charge is -1.87. The predicted molar refractivity (Wildman–Crippen MR) is 27.6 cm³/mol. The van der Waals surface area contributed by atoms with E-state index in [1.165, 1.54) is 6.07 Å². The summed E-state index contributed by atoms with van der Waals surface area (Å²) in [7, 11) is 0. The molecule has 1 rings (SSSR count). The van der Waals surface area contributed by atoms with Crippen LogP contribution in [0.4, 0.5) is 10.3 Å². The monoisotopic (exact) mass is 130 g/mol. The summed E-state index contributed by atoms with van der Waals surface area (Å²) >= 11 is 0. The Kier molecular flexibility index (Phi) is 1.18. The van der Waals surface area contributed by atoms with Crippen LogP contribution in [-0.2, 0) is 0 Å². The van der Waals surface area contributed by atoms with Gasteiger partial charge in [-0.15, -0.1) is 0 Å². The third-order valence-electron chi connectivity index (χ3n) is 0.868. The van der Waals surface area contributed by atoms with Crippen molar-refractivity contribution >= 4 is 5.82 Å². The van der Waals surface area contributed by atoms with Gasteiger partial charge in [0.2, 0.25) is 0 Å². The van der Waals surface area contributed by atoms with Crippen LogP contribution in [0.1, 0.15) is 0 Å². The highest BCUT2D eigenvalue weighted by molar-refractivity contribution is 5.19. The van der Waals surface area contributed by atoms with E-state index in [4.69, 9.17) is 0 Å². The molecule has 0 atom stereocenters. The number of hydrogen-bond acceptors (Lipinski definition) is 2. The Balaban J connectivity index is 3.08. The smallest absolute Gasteiger partial charge is 0.358 e. The highest BCUT2D eigenvalue weighted by atomic mass is 19.2. The average molecular weight is 130 g/mol. The number of nitrogens with zero attached hydrogens (tertiary/aromatic N) is 2. The minimum absolute atomic E-state index is 0.0417. The van der Waals surface area contributed by atoms with Crippen molar-refractivity contribution in [1.29, 1.82) is 0 Å². The second-order valence-electron chi connectivity index (χ2n) is 1.43. The summed E-state index contributed by atoms with van der Waals surface area (Å²) in [5.74, 6) is -0.546. The van der Waals surface area contributed by atoms with Crippen molar-refractivity contribution in [2.24, 2.45) is 0 Å². The van der Waals surface area contributed by atoms with Gasteiger partial charge in [-0.1, -0.05) is 0 Å². The summed E-state index contributed by atoms with van der Waals surface area (Å²) in [4.78, 5) is 8.99. The normalized spacial score (nSPS) is 9.44. The highest BCUT2D eigenvalue weighted by Gasteiger charge is 2.09. The predicted octanol–water partition coefficient (Wildman–Crippen LogP) is 1.13. The third kappa shape index (κ3) is 0.883. The lowest BCUT2D eigenvalue weighted by atomic mass is 10.6. The molecule has 1 heterocycles. The Morgan fingerprint density at radius 2 is 2.44 bits per heavy atom. The molecule has 1 aromatic heterocycles. The van der Waals surface area contributed by atoms with E-state index in [0.717, 1.165) is 12.3 Å². The molecule has 0 saturated heterocycles. The van der Waals surface area contributed by atoms with E-state index in [1.807, 2.05) is 0 Å². The molecule has 1 aromatic rings. The van der Waals surface area contributed by atoms with E-state index >= 15 is 0 Å². The van der Waals surface area contributed by atoms with Crippen LogP contribution in [0.15, 0.2) is 18.3 Å². The molecule has 5 heteroatoms. The van der Waals surface area contributed by atoms with Crippen molar-refractivity contribution < 1.29 is 9.40 Å². The quantitative estimate of drug-likeness (QED) is 0.422. The molecule has 0 aliphatic carbocycles. The minimum Gasteiger partial charge on any atom is -0.358 e. The first kappa shape index (κ1) is 5.74. The van der Waals surface area contributed by atoms with Crippen LogP contribution in [0, 0.1) is 10.1 Å². The van der Waals surface area contributed by atoms with Crippen LogP contribution in [-0.4, -0.2) is 9.71 Å². The molecule has 0 bridgehead atoms. The van der Waals surface area contributed by atoms with Gasteiger partial charge in [-0.2, -0.15) is 0 Å². The van der Waals surface area contributed by atoms with E-state index in [1.54, 1.807) is 0 Å². The molecule has 4 nitrogen and oxygen atoms in total. The first-order chi connectivity index (χ1) is 4.22. The van der Waals surface area contributed by atoms with Crippen LogP contribution in [0.25, 0.3) is 0 Å². The molecule has 9 heavy (non-hydrogen) atoms. The fourth-order valence-electron chi connectivity index (χ4n) is 0.491. The van der Waals surface area contributed by atoms with E-state index in [2.05, 4.69) is 0 Å². The summed E-state index contributed by atoms with van der Waals surface area (Å²) in [6.45, 7) is 0. The zero-order valence-electron chi connectivity index (χ0n) is 4.32. The second kappa shape index (κ2) is 1.85. The van der Waals surface area contributed by atoms with Gasteiger partial charge in [-0.3, -0.25) is 0 Å². The largest absolute Gasteiger partial charge is 0.358 e. The first-order valence-electron chi connectivity index (χ1n) is 2.19. The summed E-state index contributed by atoms with van der Waals surface area (Å²) < 4.78 is 12.1. The molecule has 0 spiro atoms. The molecule has 0 N–H and O–H groups in total. The molecular formula is C4H3FN2O2. The highest BCUT2D eigenvalue weighted by Crippen LogP contribution is 2.10. The maximum atomic E-state index is 12.1. The Labute approximate surface area is 49.6 Å². The van der Waals surface area contributed by atoms with E-state index in [-0.39, 0.29) is 4.79 Å². The van der Waals surface area contributed by atoms with Gasteiger partial charge < -0.3 is 10.1 Å². The van der Waals surface area contributed by atoms with Gasteiger partial charge in [-0.25, -0.2) is 0 Å². The van der Waals surface area contributed by atoms with Crippen molar-refractivity contribution in [3.63, 3.8) is 0 Å². The van der Waals surface area contributed by atoms with E-state index in [0.29, 0.717) is 0 Å². The molecular weight excluding hydrogens is 127 g/mol. The Bertz CT molecular complexity index is 232. The lowest BCUT2D eigenvalue weighted by molar-refractivity contribution is -0.394. The van der Waals surface area contributed by atoms with Gasteiger partial charge in [0.1, 0.15) is 6.20 Å². The lowest BCUT2D eigenvalue weighted by Crippen LogP contribution is -1.91. The maximum Gasteiger partial charge on any atom is 0.358 e. The minimum atomic E-state index is -0.792. The molecule has 0 fully saturated rings. The van der Waals surface area contributed by atoms with Gasteiger partial charge in [0.15, 0.2) is 0 Å². The van der Waals surface area contributed by atoms with Gasteiger partial charge in [0.25, 0.3) is 0 Å². The number of hydrogen-bond donors (Lipinski definition) is 0. The zero-order valence-corrected chi connectivity index (χ0v) is 4.32. The topological polar surface area (TPSA) is 48.1 Å². The molecule has 0 aliphatic heterocycles. The van der Waals surface area contributed by atoms with Gasteiger partial charge in [0, 0.05) is 10.5 Å². The van der Waals surface area contributed by atoms with Crippen molar-refractivity contribution in [3.8, 4) is 0 Å². The van der Waals surface area contributed by atoms with Crippen LogP contribution >= 0.6 is 0 Å². The van der Waals surface area contributed by atoms with Crippen molar-refractivity contribution in [2.75, 3.05) is 0 Å². The molecule has 0 aromatic carbocycles. The fraction of sp³-hybridized carbons (Fsp3) is 0. The number of aromatic nitrogens is 1. The standard InChI is InChI=1S/C4H3FN2O2/c5-6-3-1-2-4(6)7(8)9/h1-3H. The average Bonchev–Trinajstić information content (AvgIpc) is 2.13. The Morgan fingerprint density at radius 3 is 2.67 bits per heavy atom. The first-order valence-corrected chi connectivity index (χ1v) is 2.19. The number of halogens is 1. The molecule has 0 saturated carbocycles. The molecule has 48 valence electrons. The second-order valence-corrected chi connectivity index (χ2v) is 1.43. The fourth-order valence-corrected chi connectivity index (χ4v) is 0.491. The van der Waals surface area contributed by atoms with Crippen molar-refractivity contribution in [2.45, 2.75) is 0 Å². The Hall–Kier alpha value is -1.39. The zero-order chi connectivity index (χ0) is 6.85. The maximum absolute atomic E-state index is 12.1. The van der Waals surface area contributed by atoms with E-state index < -0.39 is 10.7 Å². The van der Waals surface area contributed by atoms with Gasteiger partial charge >= 0.3 is 5.82 Å². The van der Waals surface area contributed by atoms with Crippen LogP contribution in [0.5, 0.6) is 0 Å². The summed E-state index contributed by atoms with van der Waals surface area (Å²) in [5.41, 5.74) is 0. The molecule has 0 radical (unpaired) electrons. The summed E-state index contributed by atoms with van der Waals surface area (Å²) in [6.07, 6.45) is 0.970. The molecule has 0 aliphatic rings. The molecule has 0 unspecified atom stereocenters. The summed E-state index contributed by atoms with van der Waals surface area (Å²) in [5, 5.41) is 9.83. The number of rotatable bonds is 1. The van der Waals surface area contributed by atoms with Crippen molar-refractivity contribution in [3.05, 3.63) is 28.4 Å². The van der Waals surface area contributed by atoms with Gasteiger partial charge in [0.05, 0.1) is 0 Å².